The fraction of sp³-hybridized carbons (Fsp3) is 0.378. The summed E-state index contributed by atoms with van der Waals surface area (Å²) < 4.78 is 11.0. The van der Waals surface area contributed by atoms with Crippen LogP contribution in [0.2, 0.25) is 0 Å². The number of fused-ring (bicyclic) bond motifs is 3. The van der Waals surface area contributed by atoms with E-state index in [0.717, 1.165) is 52.9 Å². The van der Waals surface area contributed by atoms with Gasteiger partial charge in [-0.3, -0.25) is 4.68 Å². The number of rotatable bonds is 9. The van der Waals surface area contributed by atoms with Crippen LogP contribution >= 0.6 is 0 Å². The minimum Gasteiger partial charge on any atom is -0.509 e. The van der Waals surface area contributed by atoms with Crippen molar-refractivity contribution in [3.8, 4) is 23.0 Å². The van der Waals surface area contributed by atoms with Gasteiger partial charge >= 0.3 is 21.1 Å². The minimum atomic E-state index is -0.106. The van der Waals surface area contributed by atoms with E-state index in [9.17, 15) is 0 Å². The third-order valence-corrected chi connectivity index (χ3v) is 10.7. The van der Waals surface area contributed by atoms with Gasteiger partial charge in [0.1, 0.15) is 5.82 Å². The number of nitrogens with zero attached hydrogens (tertiary/aromatic N) is 4. The molecular weight excluding hydrogens is 808 g/mol. The normalized spacial score (nSPS) is 16.4. The summed E-state index contributed by atoms with van der Waals surface area (Å²) in [7, 11) is 0. The number of para-hydroxylation sites is 1. The van der Waals surface area contributed by atoms with Gasteiger partial charge in [0.2, 0.25) is 0 Å². The molecule has 6 heteroatoms. The van der Waals surface area contributed by atoms with Crippen molar-refractivity contribution in [1.29, 1.82) is 0 Å². The van der Waals surface area contributed by atoms with Gasteiger partial charge in [-0.05, 0) is 85.7 Å². The first-order valence-electron chi connectivity index (χ1n) is 18.5. The van der Waals surface area contributed by atoms with Crippen molar-refractivity contribution in [3.63, 3.8) is 0 Å². The second-order valence-electron chi connectivity index (χ2n) is 15.0. The maximum Gasteiger partial charge on any atom is 2.00 e. The molecule has 3 aromatic heterocycles. The first-order valence-corrected chi connectivity index (χ1v) is 18.5. The Morgan fingerprint density at radius 2 is 1.73 bits per heavy atom. The fourth-order valence-corrected chi connectivity index (χ4v) is 8.09. The molecule has 1 aliphatic carbocycles. The Kier molecular flexibility index (Phi) is 10.8. The number of aryl methyl sites for hydroxylation is 2. The molecule has 0 aliphatic heterocycles. The van der Waals surface area contributed by atoms with Crippen LogP contribution in [0.3, 0.4) is 0 Å². The number of allylic oxidation sites excluding steroid dienone is 2. The first-order chi connectivity index (χ1) is 24.1. The zero-order valence-electron chi connectivity index (χ0n) is 31.3. The molecule has 0 N–H and O–H groups in total. The zero-order chi connectivity index (χ0) is 35.2. The molecule has 1 unspecified atom stereocenters. The smallest absolute Gasteiger partial charge is 0.509 e. The molecule has 0 radical (unpaired) electrons. The summed E-state index contributed by atoms with van der Waals surface area (Å²) >= 11 is 0. The molecule has 2 atom stereocenters. The van der Waals surface area contributed by atoms with Gasteiger partial charge in [-0.25, -0.2) is 4.98 Å². The van der Waals surface area contributed by atoms with E-state index in [0.29, 0.717) is 23.3 Å². The van der Waals surface area contributed by atoms with E-state index in [2.05, 4.69) is 137 Å². The van der Waals surface area contributed by atoms with E-state index in [4.69, 9.17) is 14.8 Å². The fourth-order valence-electron chi connectivity index (χ4n) is 8.09. The first kappa shape index (κ1) is 36.8. The van der Waals surface area contributed by atoms with Gasteiger partial charge in [0, 0.05) is 40.4 Å². The van der Waals surface area contributed by atoms with Crippen molar-refractivity contribution < 1.29 is 25.8 Å². The number of hydrogen-bond acceptors (Lipinski definition) is 3. The Bertz CT molecular complexity index is 2220. The number of hydrogen-bond donors (Lipinski definition) is 0. The van der Waals surface area contributed by atoms with Crippen LogP contribution in [0.5, 0.6) is 11.5 Å². The Labute approximate surface area is 318 Å². The van der Waals surface area contributed by atoms with Gasteiger partial charge in [-0.1, -0.05) is 89.7 Å². The van der Waals surface area contributed by atoms with E-state index < -0.39 is 0 Å². The average Bonchev–Trinajstić information content (AvgIpc) is 3.59. The number of ether oxygens (including phenoxy) is 1. The van der Waals surface area contributed by atoms with Gasteiger partial charge in [-0.2, -0.15) is 11.2 Å². The molecule has 0 saturated heterocycles. The van der Waals surface area contributed by atoms with E-state index in [1.54, 1.807) is 5.57 Å². The second kappa shape index (κ2) is 15.0. The molecule has 3 heterocycles. The van der Waals surface area contributed by atoms with E-state index in [1.165, 1.54) is 47.0 Å². The Morgan fingerprint density at radius 1 is 0.922 bits per heavy atom. The summed E-state index contributed by atoms with van der Waals surface area (Å²) in [6.45, 7) is 18.0. The monoisotopic (exact) mass is 857 g/mol. The third kappa shape index (κ3) is 6.99. The Hall–Kier alpha value is -3.95. The van der Waals surface area contributed by atoms with Gasteiger partial charge in [-0.15, -0.1) is 41.3 Å². The molecule has 0 fully saturated rings. The third-order valence-electron chi connectivity index (χ3n) is 10.7. The summed E-state index contributed by atoms with van der Waals surface area (Å²) in [5, 5.41) is 7.47. The minimum absolute atomic E-state index is 0. The van der Waals surface area contributed by atoms with Crippen LogP contribution in [0.1, 0.15) is 108 Å². The van der Waals surface area contributed by atoms with Crippen LogP contribution in [0.15, 0.2) is 78.5 Å². The van der Waals surface area contributed by atoms with Crippen LogP contribution in [0, 0.1) is 31.9 Å². The Morgan fingerprint density at radius 3 is 2.47 bits per heavy atom. The van der Waals surface area contributed by atoms with Crippen LogP contribution in [-0.4, -0.2) is 19.3 Å². The predicted octanol–water partition coefficient (Wildman–Crippen LogP) is 11.9. The Balaban J connectivity index is 0.00000448. The molecule has 6 aromatic rings. The van der Waals surface area contributed by atoms with Gasteiger partial charge in [0.05, 0.1) is 5.69 Å². The molecular formula is C45H50N4OPt. The standard InChI is InChI=1S/C45H50N4O.Pt/c1-9-15-31-22-23-46-42(24-31)48-40-19-13-12-18-38(40)39-21-20-36(28-41(39)48)50-37-26-34(45(6,7)8)25-35(27-37)49-30(5)43(29(4)47-49)44-32(10-2)16-14-17-33(44)11-3;/h12-13,16,18-26,33,44H,9-11,14-15,17H2,1-8H3;/q-2;+2/t33-,44?;/m0./s1. The van der Waals surface area contributed by atoms with Crippen molar-refractivity contribution in [2.75, 3.05) is 0 Å². The number of pyridine rings is 1. The van der Waals surface area contributed by atoms with Crippen LogP contribution in [0.4, 0.5) is 0 Å². The molecule has 0 bridgehead atoms. The van der Waals surface area contributed by atoms with Crippen molar-refractivity contribution in [1.82, 2.24) is 19.3 Å². The average molecular weight is 858 g/mol. The topological polar surface area (TPSA) is 44.9 Å². The maximum atomic E-state index is 6.70. The van der Waals surface area contributed by atoms with Gasteiger partial charge in [0.25, 0.3) is 0 Å². The molecule has 51 heavy (non-hydrogen) atoms. The van der Waals surface area contributed by atoms with E-state index in [1.807, 2.05) is 12.3 Å². The van der Waals surface area contributed by atoms with E-state index >= 15 is 0 Å². The second-order valence-corrected chi connectivity index (χ2v) is 15.0. The zero-order valence-corrected chi connectivity index (χ0v) is 33.6. The SMILES string of the molecule is CCCc1ccnc(-n2c3[c-]c(Oc4[c-]c(-n5nc(C)c(C6C(CC)=CCC[C@@H]6CC)c5C)cc(C(C)(C)C)c4)ccc3c3ccccc32)c1.[Pt+2]. The molecule has 266 valence electrons. The van der Waals surface area contributed by atoms with E-state index in [-0.39, 0.29) is 26.5 Å². The van der Waals surface area contributed by atoms with Crippen molar-refractivity contribution in [2.45, 2.75) is 105 Å². The summed E-state index contributed by atoms with van der Waals surface area (Å²) in [6.07, 6.45) is 11.2. The van der Waals surface area contributed by atoms with Crippen LogP contribution in [-0.2, 0) is 32.9 Å². The largest absolute Gasteiger partial charge is 2.00 e. The summed E-state index contributed by atoms with van der Waals surface area (Å²) in [5.41, 5.74) is 10.5. The molecule has 5 nitrogen and oxygen atoms in total. The van der Waals surface area contributed by atoms with Gasteiger partial charge < -0.3 is 9.30 Å². The molecule has 1 aliphatic rings. The van der Waals surface area contributed by atoms with Crippen molar-refractivity contribution >= 4 is 21.8 Å². The predicted molar refractivity (Wildman–Crippen MR) is 206 cm³/mol. The summed E-state index contributed by atoms with van der Waals surface area (Å²) in [5.74, 6) is 3.24. The summed E-state index contributed by atoms with van der Waals surface area (Å²) in [4.78, 5) is 4.82. The van der Waals surface area contributed by atoms with Crippen LogP contribution in [0.25, 0.3) is 33.3 Å². The molecule has 3 aromatic carbocycles. The molecule has 0 amide bonds. The molecule has 7 rings (SSSR count). The quantitative estimate of drug-likeness (QED) is 0.107. The summed E-state index contributed by atoms with van der Waals surface area (Å²) in [6, 6.07) is 28.6. The molecule has 0 saturated carbocycles. The van der Waals surface area contributed by atoms with Crippen molar-refractivity contribution in [2.24, 2.45) is 5.92 Å². The number of benzene rings is 3. The molecule has 0 spiro atoms. The maximum absolute atomic E-state index is 6.70. The van der Waals surface area contributed by atoms with Gasteiger partial charge in [0.15, 0.2) is 0 Å². The van der Waals surface area contributed by atoms with Crippen molar-refractivity contribution in [3.05, 3.63) is 119 Å². The van der Waals surface area contributed by atoms with Crippen LogP contribution < -0.4 is 4.74 Å². The number of aromatic nitrogens is 4.